The third kappa shape index (κ3) is 4.44. The molecule has 19 heavy (non-hydrogen) atoms. The fourth-order valence-corrected chi connectivity index (χ4v) is 3.79. The maximum atomic E-state index is 6.08. The van der Waals surface area contributed by atoms with Gasteiger partial charge in [0.1, 0.15) is 0 Å². The first kappa shape index (κ1) is 15.3. The van der Waals surface area contributed by atoms with Crippen LogP contribution in [0.5, 0.6) is 0 Å². The van der Waals surface area contributed by atoms with E-state index in [1.54, 1.807) is 0 Å². The second-order valence-electron chi connectivity index (χ2n) is 6.51. The molecule has 3 heteroatoms. The molecule has 1 saturated carbocycles. The van der Waals surface area contributed by atoms with Crippen LogP contribution < -0.4 is 5.73 Å². The van der Waals surface area contributed by atoms with Gasteiger partial charge in [-0.05, 0) is 57.5 Å². The summed E-state index contributed by atoms with van der Waals surface area (Å²) < 4.78 is 5.72. The van der Waals surface area contributed by atoms with Gasteiger partial charge in [-0.2, -0.15) is 0 Å². The number of piperidine rings is 1. The van der Waals surface area contributed by atoms with Gasteiger partial charge in [-0.15, -0.1) is 0 Å². The van der Waals surface area contributed by atoms with E-state index < -0.39 is 0 Å². The molecular weight excluding hydrogens is 236 g/mol. The van der Waals surface area contributed by atoms with Crippen molar-refractivity contribution in [3.63, 3.8) is 0 Å². The highest BCUT2D eigenvalue weighted by Crippen LogP contribution is 2.38. The topological polar surface area (TPSA) is 38.5 Å². The van der Waals surface area contributed by atoms with Crippen LogP contribution in [0.3, 0.4) is 0 Å². The fourth-order valence-electron chi connectivity index (χ4n) is 3.79. The summed E-state index contributed by atoms with van der Waals surface area (Å²) in [5.41, 5.74) is 6.54. The second kappa shape index (κ2) is 7.61. The first-order valence-corrected chi connectivity index (χ1v) is 8.32. The van der Waals surface area contributed by atoms with Crippen molar-refractivity contribution in [3.8, 4) is 0 Å². The van der Waals surface area contributed by atoms with E-state index in [1.165, 1.54) is 71.0 Å². The molecule has 2 aliphatic rings. The highest BCUT2D eigenvalue weighted by Gasteiger charge is 2.31. The van der Waals surface area contributed by atoms with Gasteiger partial charge < -0.3 is 15.4 Å². The van der Waals surface area contributed by atoms with Crippen molar-refractivity contribution in [1.82, 2.24) is 4.90 Å². The average Bonchev–Trinajstić information content (AvgIpc) is 2.48. The zero-order valence-electron chi connectivity index (χ0n) is 12.7. The summed E-state index contributed by atoms with van der Waals surface area (Å²) in [4.78, 5) is 2.63. The molecule has 0 unspecified atom stereocenters. The Morgan fingerprint density at radius 2 is 1.84 bits per heavy atom. The van der Waals surface area contributed by atoms with Crippen LogP contribution in [0.1, 0.15) is 58.3 Å². The summed E-state index contributed by atoms with van der Waals surface area (Å²) in [6, 6.07) is 0. The van der Waals surface area contributed by atoms with Crippen LogP contribution in [0.25, 0.3) is 0 Å². The number of rotatable bonds is 6. The zero-order valence-corrected chi connectivity index (χ0v) is 12.7. The Morgan fingerprint density at radius 3 is 2.42 bits per heavy atom. The monoisotopic (exact) mass is 268 g/mol. The molecule has 0 aromatic rings. The van der Waals surface area contributed by atoms with Crippen molar-refractivity contribution >= 4 is 0 Å². The predicted octanol–water partition coefficient (Wildman–Crippen LogP) is 2.79. The summed E-state index contributed by atoms with van der Waals surface area (Å²) >= 11 is 0. The van der Waals surface area contributed by atoms with Crippen LogP contribution >= 0.6 is 0 Å². The summed E-state index contributed by atoms with van der Waals surface area (Å²) in [5, 5.41) is 0. The maximum Gasteiger partial charge on any atom is 0.0599 e. The molecule has 0 amide bonds. The standard InChI is InChI=1S/C16H32N2O/c1-2-19-15-6-11-18(12-7-15)13-10-16(14-17)8-4-3-5-9-16/h15H,2-14,17H2,1H3. The van der Waals surface area contributed by atoms with E-state index in [-0.39, 0.29) is 0 Å². The lowest BCUT2D eigenvalue weighted by Crippen LogP contribution is -2.41. The molecule has 1 aliphatic heterocycles. The Morgan fingerprint density at radius 1 is 1.16 bits per heavy atom. The van der Waals surface area contributed by atoms with E-state index in [2.05, 4.69) is 11.8 Å². The molecule has 1 heterocycles. The highest BCUT2D eigenvalue weighted by molar-refractivity contribution is 4.85. The fraction of sp³-hybridized carbons (Fsp3) is 1.00. The largest absolute Gasteiger partial charge is 0.378 e. The molecule has 0 radical (unpaired) electrons. The number of nitrogens with zero attached hydrogens (tertiary/aromatic N) is 1. The van der Waals surface area contributed by atoms with Crippen molar-refractivity contribution in [2.75, 3.05) is 32.8 Å². The summed E-state index contributed by atoms with van der Waals surface area (Å²) in [6.45, 7) is 7.52. The average molecular weight is 268 g/mol. The molecule has 0 atom stereocenters. The molecule has 3 nitrogen and oxygen atoms in total. The first-order valence-electron chi connectivity index (χ1n) is 8.32. The Bertz CT molecular complexity index is 243. The van der Waals surface area contributed by atoms with E-state index >= 15 is 0 Å². The van der Waals surface area contributed by atoms with Crippen molar-refractivity contribution in [2.24, 2.45) is 11.1 Å². The minimum Gasteiger partial charge on any atom is -0.378 e. The quantitative estimate of drug-likeness (QED) is 0.805. The maximum absolute atomic E-state index is 6.08. The van der Waals surface area contributed by atoms with Crippen molar-refractivity contribution in [1.29, 1.82) is 0 Å². The summed E-state index contributed by atoms with van der Waals surface area (Å²) in [6.07, 6.45) is 11.2. The van der Waals surface area contributed by atoms with E-state index in [1.807, 2.05) is 0 Å². The van der Waals surface area contributed by atoms with Crippen molar-refractivity contribution in [2.45, 2.75) is 64.4 Å². The molecule has 0 aromatic carbocycles. The Kier molecular flexibility index (Phi) is 6.11. The van der Waals surface area contributed by atoms with Crippen LogP contribution in [0.4, 0.5) is 0 Å². The van der Waals surface area contributed by atoms with Gasteiger partial charge in [0.15, 0.2) is 0 Å². The number of nitrogens with two attached hydrogens (primary N) is 1. The van der Waals surface area contributed by atoms with Crippen LogP contribution in [0.2, 0.25) is 0 Å². The van der Waals surface area contributed by atoms with Gasteiger partial charge >= 0.3 is 0 Å². The zero-order chi connectivity index (χ0) is 13.6. The molecule has 0 spiro atoms. The lowest BCUT2D eigenvalue weighted by Gasteiger charge is -2.39. The second-order valence-corrected chi connectivity index (χ2v) is 6.51. The van der Waals surface area contributed by atoms with Crippen molar-refractivity contribution < 1.29 is 4.74 Å². The molecule has 0 aromatic heterocycles. The summed E-state index contributed by atoms with van der Waals surface area (Å²) in [5.74, 6) is 0. The highest BCUT2D eigenvalue weighted by atomic mass is 16.5. The van der Waals surface area contributed by atoms with Gasteiger partial charge in [-0.25, -0.2) is 0 Å². The third-order valence-corrected chi connectivity index (χ3v) is 5.24. The Balaban J connectivity index is 1.70. The van der Waals surface area contributed by atoms with Crippen LogP contribution in [-0.2, 0) is 4.74 Å². The minimum absolute atomic E-state index is 0.467. The molecule has 2 fully saturated rings. The van der Waals surface area contributed by atoms with Gasteiger partial charge in [0.2, 0.25) is 0 Å². The lowest BCUT2D eigenvalue weighted by molar-refractivity contribution is 0.0104. The number of ether oxygens (including phenoxy) is 1. The SMILES string of the molecule is CCOC1CCN(CCC2(CN)CCCCC2)CC1. The number of hydrogen-bond donors (Lipinski definition) is 1. The van der Waals surface area contributed by atoms with Gasteiger partial charge in [0.25, 0.3) is 0 Å². The van der Waals surface area contributed by atoms with Gasteiger partial charge in [0, 0.05) is 19.7 Å². The van der Waals surface area contributed by atoms with E-state index in [9.17, 15) is 0 Å². The van der Waals surface area contributed by atoms with E-state index in [0.717, 1.165) is 13.2 Å². The van der Waals surface area contributed by atoms with Gasteiger partial charge in [0.05, 0.1) is 6.10 Å². The van der Waals surface area contributed by atoms with Crippen LogP contribution in [0.15, 0.2) is 0 Å². The molecule has 0 bridgehead atoms. The minimum atomic E-state index is 0.467. The van der Waals surface area contributed by atoms with E-state index in [4.69, 9.17) is 10.5 Å². The predicted molar refractivity (Wildman–Crippen MR) is 80.3 cm³/mol. The third-order valence-electron chi connectivity index (χ3n) is 5.24. The lowest BCUT2D eigenvalue weighted by atomic mass is 9.72. The molecule has 112 valence electrons. The molecule has 2 rings (SSSR count). The van der Waals surface area contributed by atoms with Crippen LogP contribution in [-0.4, -0.2) is 43.8 Å². The van der Waals surface area contributed by atoms with Gasteiger partial charge in [-0.3, -0.25) is 0 Å². The molecule has 1 aliphatic carbocycles. The van der Waals surface area contributed by atoms with Crippen LogP contribution in [0, 0.1) is 5.41 Å². The molecule has 1 saturated heterocycles. The Hall–Kier alpha value is -0.120. The first-order chi connectivity index (χ1) is 9.28. The normalized spacial score (nSPS) is 25.6. The van der Waals surface area contributed by atoms with E-state index in [0.29, 0.717) is 11.5 Å². The molecular formula is C16H32N2O. The smallest absolute Gasteiger partial charge is 0.0599 e. The number of hydrogen-bond acceptors (Lipinski definition) is 3. The van der Waals surface area contributed by atoms with Gasteiger partial charge in [-0.1, -0.05) is 19.3 Å². The summed E-state index contributed by atoms with van der Waals surface area (Å²) in [7, 11) is 0. The Labute approximate surface area is 118 Å². The molecule has 2 N–H and O–H groups in total. The number of likely N-dealkylation sites (tertiary alicyclic amines) is 1. The van der Waals surface area contributed by atoms with Crippen molar-refractivity contribution in [3.05, 3.63) is 0 Å².